The van der Waals surface area contributed by atoms with Gasteiger partial charge in [0.15, 0.2) is 0 Å². The first-order valence-electron chi connectivity index (χ1n) is 5.97. The van der Waals surface area contributed by atoms with Gasteiger partial charge in [-0.05, 0) is 30.3 Å². The normalized spacial score (nSPS) is 11.0. The van der Waals surface area contributed by atoms with Crippen molar-refractivity contribution in [3.8, 4) is 17.4 Å². The number of nitrogens with two attached hydrogens (primary N) is 1. The molecule has 0 fully saturated rings. The van der Waals surface area contributed by atoms with Gasteiger partial charge in [0.25, 0.3) is 5.91 Å². The molecule has 0 saturated heterocycles. The number of carboxylic acid groups (broad SMARTS) is 1. The van der Waals surface area contributed by atoms with Gasteiger partial charge in [-0.1, -0.05) is 11.6 Å². The molecule has 6 nitrogen and oxygen atoms in total. The Morgan fingerprint density at radius 1 is 1.32 bits per heavy atom. The summed E-state index contributed by atoms with van der Waals surface area (Å²) < 4.78 is 5.46. The summed E-state index contributed by atoms with van der Waals surface area (Å²) >= 11 is 5.80. The van der Waals surface area contributed by atoms with Gasteiger partial charge in [0.2, 0.25) is 0 Å². The fourth-order valence-electron chi connectivity index (χ4n) is 1.73. The maximum atomic E-state index is 11.1. The van der Waals surface area contributed by atoms with E-state index in [-0.39, 0.29) is 21.9 Å². The van der Waals surface area contributed by atoms with Crippen molar-refractivity contribution in [2.45, 2.75) is 0 Å². The number of carbonyl (C=O) groups is 2. The van der Waals surface area contributed by atoms with Crippen LogP contribution in [0.3, 0.4) is 0 Å². The minimum absolute atomic E-state index is 0.0532. The molecule has 2 aromatic rings. The van der Waals surface area contributed by atoms with Crippen molar-refractivity contribution in [1.82, 2.24) is 0 Å². The Kier molecular flexibility index (Phi) is 4.30. The third-order valence-corrected chi connectivity index (χ3v) is 3.11. The standard InChI is InChI=1S/C15H9ClN2O4/c16-12-3-1-8(6-11(12)15(20)21)13-4-2-10(22-13)5-9(7-17)14(18)19/h1-6H,(H2,18,19)(H,20,21). The van der Waals surface area contributed by atoms with Crippen molar-refractivity contribution in [1.29, 1.82) is 5.26 Å². The molecule has 0 radical (unpaired) electrons. The highest BCUT2D eigenvalue weighted by Crippen LogP contribution is 2.27. The number of benzene rings is 1. The molecule has 2 rings (SSSR count). The smallest absolute Gasteiger partial charge is 0.337 e. The molecule has 0 aliphatic heterocycles. The zero-order chi connectivity index (χ0) is 16.3. The molecule has 1 heterocycles. The van der Waals surface area contributed by atoms with Crippen LogP contribution in [0.25, 0.3) is 17.4 Å². The van der Waals surface area contributed by atoms with E-state index in [1.807, 2.05) is 0 Å². The minimum Gasteiger partial charge on any atom is -0.478 e. The van der Waals surface area contributed by atoms with Gasteiger partial charge in [0.1, 0.15) is 23.2 Å². The van der Waals surface area contributed by atoms with E-state index >= 15 is 0 Å². The van der Waals surface area contributed by atoms with Gasteiger partial charge in [-0.2, -0.15) is 5.26 Å². The predicted octanol–water partition coefficient (Wildman–Crippen LogP) is 2.69. The fraction of sp³-hybridized carbons (Fsp3) is 0. The molecule has 0 spiro atoms. The molecule has 1 aromatic heterocycles. The van der Waals surface area contributed by atoms with Crippen LogP contribution in [0.4, 0.5) is 0 Å². The minimum atomic E-state index is -1.15. The molecule has 3 N–H and O–H groups in total. The molecule has 0 aliphatic rings. The second-order valence-electron chi connectivity index (χ2n) is 4.24. The number of amides is 1. The molecule has 0 bridgehead atoms. The largest absolute Gasteiger partial charge is 0.478 e. The average Bonchev–Trinajstić information content (AvgIpc) is 2.93. The van der Waals surface area contributed by atoms with E-state index in [1.165, 1.54) is 24.3 Å². The summed E-state index contributed by atoms with van der Waals surface area (Å²) in [7, 11) is 0. The zero-order valence-corrected chi connectivity index (χ0v) is 11.8. The Balaban J connectivity index is 2.41. The van der Waals surface area contributed by atoms with Gasteiger partial charge < -0.3 is 15.3 Å². The number of carboxylic acids is 1. The van der Waals surface area contributed by atoms with Gasteiger partial charge in [0.05, 0.1) is 10.6 Å². The quantitative estimate of drug-likeness (QED) is 0.664. The van der Waals surface area contributed by atoms with Crippen LogP contribution in [0.5, 0.6) is 0 Å². The van der Waals surface area contributed by atoms with Crippen molar-refractivity contribution in [2.75, 3.05) is 0 Å². The summed E-state index contributed by atoms with van der Waals surface area (Å²) in [6.07, 6.45) is 1.21. The molecular weight excluding hydrogens is 308 g/mol. The topological polar surface area (TPSA) is 117 Å². The third kappa shape index (κ3) is 3.16. The molecule has 0 atom stereocenters. The van der Waals surface area contributed by atoms with Gasteiger partial charge in [-0.25, -0.2) is 4.79 Å². The third-order valence-electron chi connectivity index (χ3n) is 2.78. The van der Waals surface area contributed by atoms with Crippen LogP contribution in [0.1, 0.15) is 16.1 Å². The first kappa shape index (κ1) is 15.4. The van der Waals surface area contributed by atoms with Gasteiger partial charge in [0, 0.05) is 11.6 Å². The number of nitrogens with zero attached hydrogens (tertiary/aromatic N) is 1. The molecule has 1 aromatic carbocycles. The molecule has 0 aliphatic carbocycles. The Labute approximate surface area is 130 Å². The van der Waals surface area contributed by atoms with Crippen molar-refractivity contribution in [2.24, 2.45) is 5.73 Å². The van der Waals surface area contributed by atoms with Crippen LogP contribution >= 0.6 is 11.6 Å². The summed E-state index contributed by atoms with van der Waals surface area (Å²) in [5.74, 6) is -1.40. The fourth-order valence-corrected chi connectivity index (χ4v) is 1.93. The van der Waals surface area contributed by atoms with E-state index in [9.17, 15) is 9.59 Å². The van der Waals surface area contributed by atoms with Crippen molar-refractivity contribution in [3.63, 3.8) is 0 Å². The van der Waals surface area contributed by atoms with Crippen LogP contribution in [-0.2, 0) is 4.79 Å². The van der Waals surface area contributed by atoms with Crippen molar-refractivity contribution >= 4 is 29.6 Å². The van der Waals surface area contributed by atoms with Gasteiger partial charge >= 0.3 is 5.97 Å². The number of nitriles is 1. The highest BCUT2D eigenvalue weighted by molar-refractivity contribution is 6.33. The lowest BCUT2D eigenvalue weighted by Crippen LogP contribution is -2.12. The second kappa shape index (κ2) is 6.16. The Bertz CT molecular complexity index is 830. The van der Waals surface area contributed by atoms with E-state index in [4.69, 9.17) is 32.1 Å². The number of furan rings is 1. The summed E-state index contributed by atoms with van der Waals surface area (Å²) in [6, 6.07) is 9.19. The number of hydrogen-bond acceptors (Lipinski definition) is 4. The first-order valence-corrected chi connectivity index (χ1v) is 6.35. The summed E-state index contributed by atoms with van der Waals surface area (Å²) in [5, 5.41) is 17.9. The molecular formula is C15H9ClN2O4. The number of halogens is 1. The van der Waals surface area contributed by atoms with Crippen molar-refractivity contribution in [3.05, 3.63) is 52.3 Å². The van der Waals surface area contributed by atoms with Crippen LogP contribution < -0.4 is 5.73 Å². The van der Waals surface area contributed by atoms with Gasteiger partial charge in [-0.15, -0.1) is 0 Å². The summed E-state index contributed by atoms with van der Waals surface area (Å²) in [6.45, 7) is 0. The average molecular weight is 317 g/mol. The number of hydrogen-bond donors (Lipinski definition) is 2. The van der Waals surface area contributed by atoms with Crippen LogP contribution in [0, 0.1) is 11.3 Å². The van der Waals surface area contributed by atoms with Crippen molar-refractivity contribution < 1.29 is 19.1 Å². The Hall–Kier alpha value is -3.04. The van der Waals surface area contributed by atoms with E-state index < -0.39 is 11.9 Å². The molecule has 22 heavy (non-hydrogen) atoms. The molecule has 110 valence electrons. The summed E-state index contributed by atoms with van der Waals surface area (Å²) in [5.41, 5.74) is 5.23. The molecule has 7 heteroatoms. The highest BCUT2D eigenvalue weighted by Gasteiger charge is 2.12. The maximum Gasteiger partial charge on any atom is 0.337 e. The van der Waals surface area contributed by atoms with E-state index in [2.05, 4.69) is 0 Å². The van der Waals surface area contributed by atoms with Crippen LogP contribution in [-0.4, -0.2) is 17.0 Å². The first-order chi connectivity index (χ1) is 10.4. The van der Waals surface area contributed by atoms with E-state index in [0.717, 1.165) is 0 Å². The molecule has 0 saturated carbocycles. The monoisotopic (exact) mass is 316 g/mol. The van der Waals surface area contributed by atoms with Crippen LogP contribution in [0.2, 0.25) is 5.02 Å². The van der Waals surface area contributed by atoms with E-state index in [1.54, 1.807) is 18.2 Å². The van der Waals surface area contributed by atoms with Crippen LogP contribution in [0.15, 0.2) is 40.3 Å². The van der Waals surface area contributed by atoms with Gasteiger partial charge in [-0.3, -0.25) is 4.79 Å². The Morgan fingerprint density at radius 3 is 2.64 bits per heavy atom. The number of aromatic carboxylic acids is 1. The maximum absolute atomic E-state index is 11.1. The lowest BCUT2D eigenvalue weighted by Gasteiger charge is -2.02. The lowest BCUT2D eigenvalue weighted by atomic mass is 10.1. The molecule has 0 unspecified atom stereocenters. The zero-order valence-electron chi connectivity index (χ0n) is 11.0. The number of carbonyl (C=O) groups excluding carboxylic acids is 1. The van der Waals surface area contributed by atoms with E-state index in [0.29, 0.717) is 11.3 Å². The highest BCUT2D eigenvalue weighted by atomic mass is 35.5. The Morgan fingerprint density at radius 2 is 2.05 bits per heavy atom. The SMILES string of the molecule is N#CC(=Cc1ccc(-c2ccc(Cl)c(C(=O)O)c2)o1)C(N)=O. The lowest BCUT2D eigenvalue weighted by molar-refractivity contribution is -0.114. The number of primary amides is 1. The molecule has 1 amide bonds. The predicted molar refractivity (Wildman–Crippen MR) is 78.9 cm³/mol. The number of rotatable bonds is 4. The second-order valence-corrected chi connectivity index (χ2v) is 4.64. The summed E-state index contributed by atoms with van der Waals surface area (Å²) in [4.78, 5) is 22.0.